The van der Waals surface area contributed by atoms with Crippen LogP contribution < -0.4 is 10.1 Å². The molecule has 0 amide bonds. The Hall–Kier alpha value is -3.09. The Morgan fingerprint density at radius 1 is 0.935 bits per heavy atom. The first-order chi connectivity index (χ1) is 15.2. The van der Waals surface area contributed by atoms with Crippen LogP contribution in [0.5, 0.6) is 5.75 Å². The van der Waals surface area contributed by atoms with Crippen LogP contribution >= 0.6 is 0 Å². The zero-order chi connectivity index (χ0) is 21.5. The van der Waals surface area contributed by atoms with E-state index < -0.39 is 0 Å². The second-order valence-corrected chi connectivity index (χ2v) is 8.54. The molecule has 0 aromatic heterocycles. The summed E-state index contributed by atoms with van der Waals surface area (Å²) in [6, 6.07) is 32.7. The summed E-state index contributed by atoms with van der Waals surface area (Å²) < 4.78 is 5.45. The highest BCUT2D eigenvalue weighted by molar-refractivity contribution is 5.36. The molecule has 3 nitrogen and oxygen atoms in total. The van der Waals surface area contributed by atoms with Gasteiger partial charge in [-0.05, 0) is 54.5 Å². The lowest BCUT2D eigenvalue weighted by Gasteiger charge is -2.41. The van der Waals surface area contributed by atoms with E-state index in [1.165, 1.54) is 16.7 Å². The number of nitrogens with zero attached hydrogens (tertiary/aromatic N) is 1. The molecule has 31 heavy (non-hydrogen) atoms. The highest BCUT2D eigenvalue weighted by Crippen LogP contribution is 2.43. The van der Waals surface area contributed by atoms with E-state index in [-0.39, 0.29) is 11.5 Å². The Bertz CT molecular complexity index is 962. The number of ether oxygens (including phenoxy) is 1. The Balaban J connectivity index is 1.53. The second-order valence-electron chi connectivity index (χ2n) is 8.54. The molecule has 1 aliphatic rings. The maximum absolute atomic E-state index is 9.58. The number of methoxy groups -OCH3 is 1. The van der Waals surface area contributed by atoms with E-state index in [4.69, 9.17) is 4.74 Å². The Labute approximate surface area is 185 Å². The number of benzene rings is 3. The summed E-state index contributed by atoms with van der Waals surface area (Å²) in [6.45, 7) is 0. The van der Waals surface area contributed by atoms with Crippen molar-refractivity contribution < 1.29 is 4.74 Å². The van der Waals surface area contributed by atoms with Crippen LogP contribution in [0.2, 0.25) is 0 Å². The lowest BCUT2D eigenvalue weighted by atomic mass is 9.66. The predicted octanol–water partition coefficient (Wildman–Crippen LogP) is 6.17. The molecule has 0 saturated heterocycles. The fraction of sp³-hybridized carbons (Fsp3) is 0.321. The molecule has 4 rings (SSSR count). The third kappa shape index (κ3) is 4.81. The normalized spacial score (nSPS) is 20.9. The fourth-order valence-corrected chi connectivity index (χ4v) is 4.92. The van der Waals surface area contributed by atoms with Gasteiger partial charge in [-0.1, -0.05) is 72.8 Å². The van der Waals surface area contributed by atoms with Crippen molar-refractivity contribution in [3.05, 3.63) is 102 Å². The molecule has 0 unspecified atom stereocenters. The molecule has 3 aromatic carbocycles. The van der Waals surface area contributed by atoms with E-state index in [0.717, 1.165) is 31.4 Å². The Kier molecular flexibility index (Phi) is 6.70. The first-order valence-corrected chi connectivity index (χ1v) is 11.1. The van der Waals surface area contributed by atoms with Gasteiger partial charge in [-0.15, -0.1) is 0 Å². The van der Waals surface area contributed by atoms with Crippen LogP contribution in [0, 0.1) is 11.3 Å². The average molecular weight is 411 g/mol. The van der Waals surface area contributed by atoms with Crippen LogP contribution in [-0.2, 0) is 5.41 Å². The summed E-state index contributed by atoms with van der Waals surface area (Å²) in [5, 5.41) is 13.5. The first-order valence-electron chi connectivity index (χ1n) is 11.1. The zero-order valence-corrected chi connectivity index (χ0v) is 18.1. The van der Waals surface area contributed by atoms with Crippen LogP contribution in [0.15, 0.2) is 84.9 Å². The minimum absolute atomic E-state index is 0.0868. The quantitative estimate of drug-likeness (QED) is 0.507. The molecule has 1 aliphatic carbocycles. The van der Waals surface area contributed by atoms with E-state index in [2.05, 4.69) is 84.2 Å². The van der Waals surface area contributed by atoms with Gasteiger partial charge >= 0.3 is 0 Å². The fourth-order valence-electron chi connectivity index (χ4n) is 4.92. The van der Waals surface area contributed by atoms with Crippen LogP contribution in [0.25, 0.3) is 0 Å². The number of rotatable bonds is 7. The smallest absolute Gasteiger partial charge is 0.119 e. The van der Waals surface area contributed by atoms with Crippen molar-refractivity contribution in [2.75, 3.05) is 7.11 Å². The highest BCUT2D eigenvalue weighted by atomic mass is 16.5. The van der Waals surface area contributed by atoms with Crippen molar-refractivity contribution in [3.8, 4) is 11.8 Å². The van der Waals surface area contributed by atoms with Gasteiger partial charge in [0.25, 0.3) is 0 Å². The average Bonchev–Trinajstić information content (AvgIpc) is 2.85. The van der Waals surface area contributed by atoms with Gasteiger partial charge in [-0.3, -0.25) is 0 Å². The number of hydrogen-bond acceptors (Lipinski definition) is 3. The summed E-state index contributed by atoms with van der Waals surface area (Å²) in [5.41, 5.74) is 3.72. The molecule has 1 fully saturated rings. The second kappa shape index (κ2) is 9.81. The largest absolute Gasteiger partial charge is 0.497 e. The maximum atomic E-state index is 9.58. The van der Waals surface area contributed by atoms with Crippen molar-refractivity contribution in [2.45, 2.75) is 49.6 Å². The standard InChI is InChI=1S/C28H30N2O/c1-31-26-14-8-13-24(21-26)28(19-20-29)17-15-25(16-18-28)30-27(22-9-4-2-5-10-22)23-11-6-3-7-12-23/h2-14,21,25,27,30H,15-19H2,1H3. The summed E-state index contributed by atoms with van der Waals surface area (Å²) in [6.07, 6.45) is 4.65. The highest BCUT2D eigenvalue weighted by Gasteiger charge is 2.37. The molecule has 158 valence electrons. The molecule has 1 N–H and O–H groups in total. The molecule has 0 aliphatic heterocycles. The van der Waals surface area contributed by atoms with Gasteiger partial charge < -0.3 is 10.1 Å². The van der Waals surface area contributed by atoms with Crippen LogP contribution in [0.4, 0.5) is 0 Å². The maximum Gasteiger partial charge on any atom is 0.119 e. The summed E-state index contributed by atoms with van der Waals surface area (Å²) in [4.78, 5) is 0. The third-order valence-electron chi connectivity index (χ3n) is 6.71. The topological polar surface area (TPSA) is 45.0 Å². The minimum Gasteiger partial charge on any atom is -0.497 e. The van der Waals surface area contributed by atoms with Crippen LogP contribution in [0.3, 0.4) is 0 Å². The van der Waals surface area contributed by atoms with E-state index >= 15 is 0 Å². The summed E-state index contributed by atoms with van der Waals surface area (Å²) in [7, 11) is 1.70. The van der Waals surface area contributed by atoms with E-state index in [0.29, 0.717) is 12.5 Å². The van der Waals surface area contributed by atoms with E-state index in [1.54, 1.807) is 7.11 Å². The molecule has 0 bridgehead atoms. The zero-order valence-electron chi connectivity index (χ0n) is 18.1. The molecule has 0 atom stereocenters. The monoisotopic (exact) mass is 410 g/mol. The Morgan fingerprint density at radius 3 is 2.10 bits per heavy atom. The van der Waals surface area contributed by atoms with Crippen molar-refractivity contribution in [1.29, 1.82) is 5.26 Å². The molecular formula is C28H30N2O. The molecule has 3 aromatic rings. The molecule has 3 heteroatoms. The van der Waals surface area contributed by atoms with Gasteiger partial charge in [0.15, 0.2) is 0 Å². The number of nitrogens with one attached hydrogen (secondary N) is 1. The van der Waals surface area contributed by atoms with Crippen molar-refractivity contribution in [1.82, 2.24) is 5.32 Å². The minimum atomic E-state index is -0.0868. The van der Waals surface area contributed by atoms with Crippen LogP contribution in [0.1, 0.15) is 54.8 Å². The van der Waals surface area contributed by atoms with Gasteiger partial charge in [-0.2, -0.15) is 5.26 Å². The summed E-state index contributed by atoms with van der Waals surface area (Å²) >= 11 is 0. The van der Waals surface area contributed by atoms with E-state index in [1.807, 2.05) is 12.1 Å². The first kappa shape index (κ1) is 21.2. The molecule has 0 radical (unpaired) electrons. The third-order valence-corrected chi connectivity index (χ3v) is 6.71. The van der Waals surface area contributed by atoms with Gasteiger partial charge in [0.1, 0.15) is 5.75 Å². The van der Waals surface area contributed by atoms with Crippen molar-refractivity contribution >= 4 is 0 Å². The molecule has 0 heterocycles. The molecular weight excluding hydrogens is 380 g/mol. The van der Waals surface area contributed by atoms with E-state index in [9.17, 15) is 5.26 Å². The van der Waals surface area contributed by atoms with Crippen molar-refractivity contribution in [2.24, 2.45) is 0 Å². The van der Waals surface area contributed by atoms with Gasteiger partial charge in [0.05, 0.1) is 19.2 Å². The Morgan fingerprint density at radius 2 is 1.55 bits per heavy atom. The van der Waals surface area contributed by atoms with Gasteiger partial charge in [0, 0.05) is 17.9 Å². The predicted molar refractivity (Wildman–Crippen MR) is 125 cm³/mol. The molecule has 0 spiro atoms. The number of nitriles is 1. The summed E-state index contributed by atoms with van der Waals surface area (Å²) in [5.74, 6) is 0.864. The van der Waals surface area contributed by atoms with Crippen LogP contribution in [-0.4, -0.2) is 13.2 Å². The number of hydrogen-bond donors (Lipinski definition) is 1. The lowest BCUT2D eigenvalue weighted by molar-refractivity contribution is 0.241. The van der Waals surface area contributed by atoms with Gasteiger partial charge in [0.2, 0.25) is 0 Å². The SMILES string of the molecule is COc1cccc(C2(CC#N)CCC(NC(c3ccccc3)c3ccccc3)CC2)c1. The van der Waals surface area contributed by atoms with Crippen molar-refractivity contribution in [3.63, 3.8) is 0 Å². The van der Waals surface area contributed by atoms with Gasteiger partial charge in [-0.25, -0.2) is 0 Å². The molecule has 1 saturated carbocycles. The lowest BCUT2D eigenvalue weighted by Crippen LogP contribution is -2.41.